The molecule has 1 aliphatic rings. The minimum atomic E-state index is -0.794. The fourth-order valence-corrected chi connectivity index (χ4v) is 3.30. The van der Waals surface area contributed by atoms with Crippen LogP contribution < -0.4 is 67.7 Å². The van der Waals surface area contributed by atoms with Gasteiger partial charge in [0, 0.05) is 0 Å². The number of carbonyl (C=O) groups is 1. The fourth-order valence-electron chi connectivity index (χ4n) is 3.09. The summed E-state index contributed by atoms with van der Waals surface area (Å²) in [6.45, 7) is 2.78. The van der Waals surface area contributed by atoms with E-state index in [9.17, 15) is 9.18 Å². The summed E-state index contributed by atoms with van der Waals surface area (Å²) >= 11 is 6.07. The Bertz CT molecular complexity index is 762. The molecule has 0 atom stereocenters. The molecule has 6 heteroatoms. The minimum Gasteiger partial charge on any atom is -0.492 e. The average molecular weight is 461 g/mol. The van der Waals surface area contributed by atoms with Gasteiger partial charge in [0.2, 0.25) is 0 Å². The second kappa shape index (κ2) is 11.1. The van der Waals surface area contributed by atoms with Gasteiger partial charge in [0.05, 0.1) is 6.61 Å². The van der Waals surface area contributed by atoms with Crippen LogP contribution in [0.5, 0.6) is 11.5 Å². The third kappa shape index (κ3) is 6.36. The zero-order valence-corrected chi connectivity index (χ0v) is 21.3. The summed E-state index contributed by atoms with van der Waals surface area (Å²) in [6.07, 6.45) is 4.63. The van der Waals surface area contributed by atoms with Gasteiger partial charge in [-0.25, -0.2) is 9.18 Å². The molecule has 0 unspecified atom stereocenters. The Labute approximate surface area is 213 Å². The van der Waals surface area contributed by atoms with E-state index in [1.165, 1.54) is 25.0 Å². The predicted molar refractivity (Wildman–Crippen MR) is 98.3 cm³/mol. The summed E-state index contributed by atoms with van der Waals surface area (Å²) in [7, 11) is 0. The largest absolute Gasteiger partial charge is 1.00 e. The van der Waals surface area contributed by atoms with E-state index in [-0.39, 0.29) is 74.7 Å². The van der Waals surface area contributed by atoms with Crippen molar-refractivity contribution in [2.24, 2.45) is 11.8 Å². The SMILES string of the molecule is CC1CCC(COc2ccc(OC(=O)c3cc[c-]cc3)c(F)c2Cl)CC1.[Rb+]. The molecule has 1 aliphatic carbocycles. The maximum absolute atomic E-state index is 14.5. The molecule has 0 bridgehead atoms. The monoisotopic (exact) mass is 460 g/mol. The number of halogens is 2. The molecule has 0 aromatic heterocycles. The van der Waals surface area contributed by atoms with E-state index in [0.29, 0.717) is 18.1 Å². The third-order valence-corrected chi connectivity index (χ3v) is 5.13. The molecule has 0 amide bonds. The molecule has 0 spiro atoms. The van der Waals surface area contributed by atoms with Gasteiger partial charge in [-0.05, 0) is 42.4 Å². The van der Waals surface area contributed by atoms with Gasteiger partial charge in [-0.1, -0.05) is 31.4 Å². The van der Waals surface area contributed by atoms with Crippen molar-refractivity contribution >= 4 is 17.6 Å². The number of esters is 1. The van der Waals surface area contributed by atoms with Gasteiger partial charge >= 0.3 is 64.2 Å². The summed E-state index contributed by atoms with van der Waals surface area (Å²) in [5, 5.41) is -0.166. The zero-order valence-electron chi connectivity index (χ0n) is 15.6. The zero-order chi connectivity index (χ0) is 18.5. The van der Waals surface area contributed by atoms with Crippen LogP contribution in [0.15, 0.2) is 36.4 Å². The Morgan fingerprint density at radius 3 is 2.44 bits per heavy atom. The van der Waals surface area contributed by atoms with Crippen LogP contribution in [-0.2, 0) is 0 Å². The first-order chi connectivity index (χ1) is 12.5. The molecule has 138 valence electrons. The number of ether oxygens (including phenoxy) is 2. The Balaban J connectivity index is 0.00000261. The van der Waals surface area contributed by atoms with Crippen molar-refractivity contribution in [1.29, 1.82) is 0 Å². The first-order valence-electron chi connectivity index (χ1n) is 8.83. The van der Waals surface area contributed by atoms with E-state index >= 15 is 0 Å². The van der Waals surface area contributed by atoms with Crippen molar-refractivity contribution in [3.05, 3.63) is 58.9 Å². The van der Waals surface area contributed by atoms with Crippen LogP contribution >= 0.6 is 11.6 Å². The van der Waals surface area contributed by atoms with Crippen molar-refractivity contribution in [2.45, 2.75) is 32.6 Å². The van der Waals surface area contributed by atoms with E-state index in [1.807, 2.05) is 0 Å². The van der Waals surface area contributed by atoms with Crippen LogP contribution in [0.25, 0.3) is 0 Å². The summed E-state index contributed by atoms with van der Waals surface area (Å²) < 4.78 is 25.3. The molecule has 0 saturated heterocycles. The fraction of sp³-hybridized carbons (Fsp3) is 0.381. The molecule has 1 saturated carbocycles. The Hall–Kier alpha value is -0.265. The second-order valence-electron chi connectivity index (χ2n) is 6.80. The Morgan fingerprint density at radius 2 is 1.78 bits per heavy atom. The number of hydrogen-bond acceptors (Lipinski definition) is 3. The summed E-state index contributed by atoms with van der Waals surface area (Å²) in [5.41, 5.74) is 0.311. The average Bonchev–Trinajstić information content (AvgIpc) is 2.67. The molecule has 0 N–H and O–H groups in total. The molecule has 3 rings (SSSR count). The number of carbonyl (C=O) groups excluding carboxylic acids is 1. The smallest absolute Gasteiger partial charge is 0.492 e. The van der Waals surface area contributed by atoms with Gasteiger partial charge in [0.25, 0.3) is 0 Å². The number of benzene rings is 2. The van der Waals surface area contributed by atoms with Crippen LogP contribution in [0.3, 0.4) is 0 Å². The van der Waals surface area contributed by atoms with Gasteiger partial charge in [-0.3, -0.25) is 0 Å². The van der Waals surface area contributed by atoms with Crippen LogP contribution in [0, 0.1) is 23.7 Å². The number of hydrogen-bond donors (Lipinski definition) is 0. The first kappa shape index (κ1) is 23.0. The van der Waals surface area contributed by atoms with E-state index in [1.54, 1.807) is 24.3 Å². The molecule has 2 aromatic carbocycles. The Morgan fingerprint density at radius 1 is 1.15 bits per heavy atom. The standard InChI is InChI=1S/C21H21ClFO3.Rb/c1-14-7-9-15(10-8-14)13-25-17-11-12-18(20(23)19(17)22)26-21(24)16-5-3-2-4-6-16;/h3-6,11-12,14-15H,7-10,13H2,1H3;/q-1;+1. The van der Waals surface area contributed by atoms with Gasteiger partial charge < -0.3 is 9.47 Å². The molecular formula is C21H21ClFO3Rb. The summed E-state index contributed by atoms with van der Waals surface area (Å²) in [5.74, 6) is -0.152. The van der Waals surface area contributed by atoms with Crippen LogP contribution in [0.1, 0.15) is 43.0 Å². The third-order valence-electron chi connectivity index (χ3n) is 4.78. The van der Waals surface area contributed by atoms with Crippen LogP contribution in [-0.4, -0.2) is 12.6 Å². The molecule has 0 heterocycles. The molecule has 0 aliphatic heterocycles. The van der Waals surface area contributed by atoms with Gasteiger partial charge in [-0.2, -0.15) is 30.3 Å². The van der Waals surface area contributed by atoms with Crippen molar-refractivity contribution in [2.75, 3.05) is 6.61 Å². The van der Waals surface area contributed by atoms with Gasteiger partial charge in [-0.15, -0.1) is 0 Å². The van der Waals surface area contributed by atoms with Crippen molar-refractivity contribution in [3.63, 3.8) is 0 Å². The van der Waals surface area contributed by atoms with Crippen LogP contribution in [0.2, 0.25) is 5.02 Å². The first-order valence-corrected chi connectivity index (χ1v) is 9.21. The quantitative estimate of drug-likeness (QED) is 0.391. The maximum atomic E-state index is 14.5. The maximum Gasteiger partial charge on any atom is 1.00 e. The second-order valence-corrected chi connectivity index (χ2v) is 7.18. The molecule has 1 fully saturated rings. The topological polar surface area (TPSA) is 35.5 Å². The summed E-state index contributed by atoms with van der Waals surface area (Å²) in [6, 6.07) is 12.0. The molecule has 3 nitrogen and oxygen atoms in total. The van der Waals surface area contributed by atoms with Crippen molar-refractivity contribution in [3.8, 4) is 11.5 Å². The van der Waals surface area contributed by atoms with E-state index in [0.717, 1.165) is 18.8 Å². The molecule has 27 heavy (non-hydrogen) atoms. The van der Waals surface area contributed by atoms with E-state index in [2.05, 4.69) is 13.0 Å². The van der Waals surface area contributed by atoms with Crippen LogP contribution in [0.4, 0.5) is 4.39 Å². The Kier molecular flexibility index (Phi) is 9.43. The van der Waals surface area contributed by atoms with Gasteiger partial charge in [0.1, 0.15) is 10.8 Å². The van der Waals surface area contributed by atoms with Gasteiger partial charge in [0.15, 0.2) is 11.6 Å². The molecule has 2 aromatic rings. The molecular weight excluding hydrogens is 440 g/mol. The van der Waals surface area contributed by atoms with Crippen molar-refractivity contribution < 1.29 is 76.8 Å². The minimum absolute atomic E-state index is 0. The molecule has 0 radical (unpaired) electrons. The summed E-state index contributed by atoms with van der Waals surface area (Å²) in [4.78, 5) is 12.0. The van der Waals surface area contributed by atoms with E-state index < -0.39 is 11.8 Å². The van der Waals surface area contributed by atoms with E-state index in [4.69, 9.17) is 21.1 Å². The predicted octanol–water partition coefficient (Wildman–Crippen LogP) is 2.71. The van der Waals surface area contributed by atoms with Crippen molar-refractivity contribution in [1.82, 2.24) is 0 Å². The normalized spacial score (nSPS) is 19.1. The number of rotatable bonds is 5.